The molecular formula is C48H100O8P4Ti+4. The molecule has 0 aliphatic rings. The maximum absolute atomic E-state index is 11.6. The molecule has 0 aliphatic heterocycles. The molecule has 0 radical (unpaired) electrons. The molecule has 0 aromatic heterocycles. The second-order valence-corrected chi connectivity index (χ2v) is 22.8. The zero-order chi connectivity index (χ0) is 48.5. The van der Waals surface area contributed by atoms with Gasteiger partial charge >= 0.3 is 53.8 Å². The van der Waals surface area contributed by atoms with E-state index in [1.807, 2.05) is 55.4 Å². The summed E-state index contributed by atoms with van der Waals surface area (Å²) < 4.78 is 46.6. The molecule has 4 unspecified atom stereocenters. The third kappa shape index (κ3) is 14.5. The summed E-state index contributed by atoms with van der Waals surface area (Å²) in [6.45, 7) is 41.4. The van der Waals surface area contributed by atoms with Crippen molar-refractivity contribution < 1.29 is 59.6 Å². The fourth-order valence-electron chi connectivity index (χ4n) is 12.8. The van der Waals surface area contributed by atoms with Gasteiger partial charge < -0.3 is 19.6 Å². The Hall–Kier alpha value is 0.954. The Morgan fingerprint density at radius 1 is 0.230 bits per heavy atom. The second kappa shape index (κ2) is 33.4. The second-order valence-electron chi connectivity index (χ2n) is 17.3. The van der Waals surface area contributed by atoms with Crippen molar-refractivity contribution >= 4 is 32.1 Å². The van der Waals surface area contributed by atoms with E-state index in [0.29, 0.717) is 0 Å². The van der Waals surface area contributed by atoms with Gasteiger partial charge in [-0.3, -0.25) is 0 Å². The molecule has 0 N–H and O–H groups in total. The first-order valence-corrected chi connectivity index (χ1v) is 29.3. The Balaban J connectivity index is -0.000000227. The van der Waals surface area contributed by atoms with Crippen molar-refractivity contribution in [3.8, 4) is 0 Å². The van der Waals surface area contributed by atoms with E-state index in [0.717, 1.165) is 128 Å². The van der Waals surface area contributed by atoms with Crippen molar-refractivity contribution in [3.63, 3.8) is 0 Å². The predicted octanol–water partition coefficient (Wildman–Crippen LogP) is 15.5. The van der Waals surface area contributed by atoms with E-state index in [9.17, 15) is 37.8 Å². The van der Waals surface area contributed by atoms with Gasteiger partial charge in [-0.25, -0.2) is 0 Å². The van der Waals surface area contributed by atoms with Crippen molar-refractivity contribution in [3.05, 3.63) is 0 Å². The van der Waals surface area contributed by atoms with Crippen LogP contribution in [0.25, 0.3) is 0 Å². The fourth-order valence-corrected chi connectivity index (χ4v) is 18.3. The minimum atomic E-state index is -2.35. The van der Waals surface area contributed by atoms with E-state index < -0.39 is 52.7 Å². The SMILES string of the molecule is CCC(CC)(CC)C(CC)(CC)[P+](=O)[O-].CCC(CC)(CC)C(CC)(CC)[P+](=O)[O-].CCC(CC)(CC)C(CC)(CC)[P+](=O)[O-].CCC(CC)(CC)C(CC)(CC)[P+](=O)[O-].[Ti+4]. The maximum atomic E-state index is 11.6. The van der Waals surface area contributed by atoms with Crippen molar-refractivity contribution in [1.29, 1.82) is 0 Å². The summed E-state index contributed by atoms with van der Waals surface area (Å²) in [5.74, 6) is 0. The Kier molecular flexibility index (Phi) is 38.9. The van der Waals surface area contributed by atoms with Gasteiger partial charge in [0.1, 0.15) is 0 Å². The first-order chi connectivity index (χ1) is 28.0. The Bertz CT molecular complexity index is 981. The first-order valence-electron chi connectivity index (χ1n) is 24.6. The van der Waals surface area contributed by atoms with Crippen LogP contribution in [0.5, 0.6) is 0 Å². The Labute approximate surface area is 398 Å². The molecule has 0 fully saturated rings. The van der Waals surface area contributed by atoms with Crippen LogP contribution in [-0.2, 0) is 40.0 Å². The monoisotopic (exact) mass is 977 g/mol. The third-order valence-electron chi connectivity index (χ3n) is 18.1. The van der Waals surface area contributed by atoms with Crippen LogP contribution >= 0.6 is 32.1 Å². The van der Waals surface area contributed by atoms with Gasteiger partial charge in [0.2, 0.25) is 0 Å². The summed E-state index contributed by atoms with van der Waals surface area (Å²) in [5, 5.41) is -2.00. The van der Waals surface area contributed by atoms with Gasteiger partial charge in [-0.2, -0.15) is 0 Å². The molecule has 0 aromatic carbocycles. The maximum Gasteiger partial charge on any atom is 4.00 e. The molecule has 0 rings (SSSR count). The molecule has 0 heterocycles. The minimum Gasteiger partial charge on any atom is -0.595 e. The van der Waals surface area contributed by atoms with Crippen LogP contribution in [0.2, 0.25) is 0 Å². The van der Waals surface area contributed by atoms with Gasteiger partial charge in [0, 0.05) is 21.7 Å². The van der Waals surface area contributed by atoms with E-state index >= 15 is 0 Å². The third-order valence-corrected chi connectivity index (χ3v) is 25.4. The van der Waals surface area contributed by atoms with Crippen molar-refractivity contribution in [2.24, 2.45) is 21.7 Å². The van der Waals surface area contributed by atoms with Crippen LogP contribution in [-0.4, -0.2) is 20.6 Å². The van der Waals surface area contributed by atoms with E-state index in [-0.39, 0.29) is 43.4 Å². The number of hydrogen-bond donors (Lipinski definition) is 0. The van der Waals surface area contributed by atoms with Crippen molar-refractivity contribution in [2.75, 3.05) is 0 Å². The molecule has 8 nitrogen and oxygen atoms in total. The summed E-state index contributed by atoms with van der Waals surface area (Å²) >= 11 is 0. The van der Waals surface area contributed by atoms with Gasteiger partial charge in [-0.15, -0.1) is 0 Å². The molecule has 61 heavy (non-hydrogen) atoms. The summed E-state index contributed by atoms with van der Waals surface area (Å²) in [6, 6.07) is 0. The van der Waals surface area contributed by atoms with Gasteiger partial charge in [-0.05, 0) is 128 Å². The summed E-state index contributed by atoms with van der Waals surface area (Å²) in [6.07, 6.45) is 17.3. The molecule has 0 saturated carbocycles. The van der Waals surface area contributed by atoms with Crippen LogP contribution in [0, 0.1) is 21.7 Å². The zero-order valence-corrected chi connectivity index (χ0v) is 48.8. The summed E-state index contributed by atoms with van der Waals surface area (Å²) in [5.41, 5.74) is -0.144. The van der Waals surface area contributed by atoms with E-state index in [1.165, 1.54) is 0 Å². The van der Waals surface area contributed by atoms with E-state index in [1.54, 1.807) is 0 Å². The van der Waals surface area contributed by atoms with Crippen LogP contribution < -0.4 is 19.6 Å². The Morgan fingerprint density at radius 2 is 0.311 bits per heavy atom. The molecule has 0 aromatic rings. The fraction of sp³-hybridized carbons (Fsp3) is 1.00. The topological polar surface area (TPSA) is 161 Å². The zero-order valence-electron chi connectivity index (χ0n) is 43.7. The smallest absolute Gasteiger partial charge is 0.595 e. The van der Waals surface area contributed by atoms with Crippen LogP contribution in [0.3, 0.4) is 0 Å². The predicted molar refractivity (Wildman–Crippen MR) is 257 cm³/mol. The summed E-state index contributed by atoms with van der Waals surface area (Å²) in [4.78, 5) is 46.6. The number of rotatable bonds is 28. The molecule has 0 amide bonds. The van der Waals surface area contributed by atoms with Gasteiger partial charge in [-0.1, -0.05) is 157 Å². The molecule has 4 atom stereocenters. The molecule has 13 heteroatoms. The molecule has 0 spiro atoms. The van der Waals surface area contributed by atoms with Crippen LogP contribution in [0.4, 0.5) is 0 Å². The quantitative estimate of drug-likeness (QED) is 0.0553. The van der Waals surface area contributed by atoms with E-state index in [2.05, 4.69) is 83.1 Å². The molecule has 360 valence electrons. The average Bonchev–Trinajstić information content (AvgIpc) is 3.26. The van der Waals surface area contributed by atoms with Gasteiger partial charge in [0.15, 0.2) is 20.6 Å². The van der Waals surface area contributed by atoms with Gasteiger partial charge in [0.05, 0.1) is 0 Å². The minimum absolute atomic E-state index is 0. The average molecular weight is 977 g/mol. The van der Waals surface area contributed by atoms with E-state index in [4.69, 9.17) is 0 Å². The van der Waals surface area contributed by atoms with Crippen LogP contribution in [0.15, 0.2) is 0 Å². The van der Waals surface area contributed by atoms with Crippen molar-refractivity contribution in [2.45, 2.75) is 288 Å². The first kappa shape index (κ1) is 71.0. The molecule has 0 saturated heterocycles. The molecule has 0 aliphatic carbocycles. The Morgan fingerprint density at radius 3 is 0.328 bits per heavy atom. The van der Waals surface area contributed by atoms with Crippen molar-refractivity contribution in [1.82, 2.24) is 0 Å². The van der Waals surface area contributed by atoms with Gasteiger partial charge in [0.25, 0.3) is 0 Å². The normalized spacial score (nSPS) is 13.9. The summed E-state index contributed by atoms with van der Waals surface area (Å²) in [7, 11) is -9.42. The standard InChI is InChI=1S/4C12H25O2P.Ti/c4*1-6-11(7-2,8-3)12(9-4,10-5)15(13)14;/h4*6-10H2,1-5H3;/q;;;;+4. The van der Waals surface area contributed by atoms with Crippen LogP contribution in [0.1, 0.15) is 267 Å². The largest absolute Gasteiger partial charge is 4.00 e. The molecule has 0 bridgehead atoms. The molecular weight excluding hydrogens is 876 g/mol. The number of hydrogen-bond acceptors (Lipinski definition) is 8.